The Hall–Kier alpha value is -0.130. The lowest BCUT2D eigenvalue weighted by Crippen LogP contribution is -2.45. The minimum Gasteiger partial charge on any atom is -0.311 e. The van der Waals surface area contributed by atoms with Crippen molar-refractivity contribution in [1.29, 1.82) is 0 Å². The summed E-state index contributed by atoms with van der Waals surface area (Å²) in [5.74, 6) is 0.260. The molecule has 0 aromatic heterocycles. The molecule has 2 fully saturated rings. The van der Waals surface area contributed by atoms with Crippen LogP contribution in [0.2, 0.25) is 0 Å². The second kappa shape index (κ2) is 5.02. The van der Waals surface area contributed by atoms with Gasteiger partial charge in [-0.2, -0.15) is 0 Å². The van der Waals surface area contributed by atoms with E-state index >= 15 is 0 Å². The second-order valence-corrected chi connectivity index (χ2v) is 7.34. The zero-order chi connectivity index (χ0) is 11.6. The number of fused-ring (bicyclic) bond motifs is 1. The Morgan fingerprint density at radius 2 is 2.06 bits per heavy atom. The molecule has 0 spiro atoms. The van der Waals surface area contributed by atoms with Crippen molar-refractivity contribution < 1.29 is 8.42 Å². The van der Waals surface area contributed by atoms with E-state index < -0.39 is 9.84 Å². The van der Waals surface area contributed by atoms with Crippen LogP contribution in [0.25, 0.3) is 0 Å². The normalized spacial score (nSPS) is 31.6. The summed E-state index contributed by atoms with van der Waals surface area (Å²) in [5, 5.41) is 3.42. The fraction of sp³-hybridized carbons (Fsp3) is 1.00. The van der Waals surface area contributed by atoms with Crippen LogP contribution in [0.4, 0.5) is 0 Å². The minimum atomic E-state index is -2.82. The molecule has 0 amide bonds. The Bertz CT molecular complexity index is 329. The van der Waals surface area contributed by atoms with Crippen molar-refractivity contribution in [2.45, 2.75) is 37.8 Å². The predicted octanol–water partition coefficient (Wildman–Crippen LogP) is 0.247. The third-order valence-corrected chi connectivity index (χ3v) is 4.68. The molecular weight excluding hydrogens is 224 g/mol. The lowest BCUT2D eigenvalue weighted by Gasteiger charge is -2.32. The van der Waals surface area contributed by atoms with E-state index in [4.69, 9.17) is 0 Å². The summed E-state index contributed by atoms with van der Waals surface area (Å²) in [6, 6.07) is 1.18. The summed E-state index contributed by atoms with van der Waals surface area (Å²) in [7, 11) is -2.82. The highest BCUT2D eigenvalue weighted by Crippen LogP contribution is 2.26. The molecule has 0 aliphatic carbocycles. The van der Waals surface area contributed by atoms with E-state index in [1.807, 2.05) is 0 Å². The van der Waals surface area contributed by atoms with Crippen LogP contribution in [0.3, 0.4) is 0 Å². The molecule has 0 bridgehead atoms. The molecule has 1 N–H and O–H groups in total. The quantitative estimate of drug-likeness (QED) is 0.772. The fourth-order valence-corrected chi connectivity index (χ4v) is 3.40. The molecule has 0 aromatic rings. The van der Waals surface area contributed by atoms with Crippen molar-refractivity contribution >= 4 is 9.84 Å². The van der Waals surface area contributed by atoms with Crippen LogP contribution in [0, 0.1) is 0 Å². The average Bonchev–Trinajstić information content (AvgIpc) is 2.60. The number of hydrogen-bond donors (Lipinski definition) is 1. The lowest BCUT2D eigenvalue weighted by molar-refractivity contribution is 0.181. The van der Waals surface area contributed by atoms with Crippen molar-refractivity contribution in [2.75, 3.05) is 31.6 Å². The molecule has 2 aliphatic heterocycles. The molecule has 2 rings (SSSR count). The van der Waals surface area contributed by atoms with Crippen molar-refractivity contribution in [2.24, 2.45) is 0 Å². The maximum absolute atomic E-state index is 11.0. The van der Waals surface area contributed by atoms with Gasteiger partial charge >= 0.3 is 0 Å². The molecule has 2 aliphatic rings. The number of piperidine rings is 1. The third kappa shape index (κ3) is 3.18. The van der Waals surface area contributed by atoms with E-state index in [-0.39, 0.29) is 5.75 Å². The van der Waals surface area contributed by atoms with Crippen LogP contribution < -0.4 is 5.32 Å². The smallest absolute Gasteiger partial charge is 0.148 e. The first-order valence-corrected chi connectivity index (χ1v) is 8.27. The SMILES string of the molecule is CS(=O)(=O)CCNC1CCN2CCCCC12. The van der Waals surface area contributed by atoms with Gasteiger partial charge in [0.25, 0.3) is 0 Å². The lowest BCUT2D eigenvalue weighted by atomic mass is 9.99. The molecule has 0 radical (unpaired) electrons. The molecular formula is C11H22N2O2S. The molecule has 0 aromatic carbocycles. The summed E-state index contributed by atoms with van der Waals surface area (Å²) >= 11 is 0. The first-order chi connectivity index (χ1) is 7.56. The van der Waals surface area contributed by atoms with Gasteiger partial charge in [0, 0.05) is 31.4 Å². The molecule has 2 heterocycles. The van der Waals surface area contributed by atoms with Crippen LogP contribution in [0.15, 0.2) is 0 Å². The van der Waals surface area contributed by atoms with Crippen molar-refractivity contribution in [1.82, 2.24) is 10.2 Å². The van der Waals surface area contributed by atoms with Crippen molar-refractivity contribution in [3.63, 3.8) is 0 Å². The Morgan fingerprint density at radius 3 is 2.81 bits per heavy atom. The van der Waals surface area contributed by atoms with E-state index in [9.17, 15) is 8.42 Å². The predicted molar refractivity (Wildman–Crippen MR) is 65.3 cm³/mol. The van der Waals surface area contributed by atoms with Gasteiger partial charge in [0.05, 0.1) is 5.75 Å². The molecule has 4 nitrogen and oxygen atoms in total. The van der Waals surface area contributed by atoms with Crippen molar-refractivity contribution in [3.05, 3.63) is 0 Å². The van der Waals surface area contributed by atoms with Gasteiger partial charge in [0.1, 0.15) is 9.84 Å². The maximum atomic E-state index is 11.0. The Kier molecular flexibility index (Phi) is 3.87. The molecule has 94 valence electrons. The third-order valence-electron chi connectivity index (χ3n) is 3.74. The Balaban J connectivity index is 1.78. The van der Waals surface area contributed by atoms with Gasteiger partial charge in [-0.05, 0) is 25.8 Å². The second-order valence-electron chi connectivity index (χ2n) is 5.08. The zero-order valence-electron chi connectivity index (χ0n) is 9.98. The molecule has 2 unspecified atom stereocenters. The highest BCUT2D eigenvalue weighted by molar-refractivity contribution is 7.90. The van der Waals surface area contributed by atoms with Gasteiger partial charge in [-0.1, -0.05) is 6.42 Å². The van der Waals surface area contributed by atoms with Gasteiger partial charge in [0.15, 0.2) is 0 Å². The standard InChI is InChI=1S/C11H22N2O2S/c1-16(14,15)9-6-12-10-5-8-13-7-3-2-4-11(10)13/h10-12H,2-9H2,1H3. The van der Waals surface area contributed by atoms with Gasteiger partial charge < -0.3 is 5.32 Å². The minimum absolute atomic E-state index is 0.260. The van der Waals surface area contributed by atoms with Crippen LogP contribution in [-0.2, 0) is 9.84 Å². The van der Waals surface area contributed by atoms with Gasteiger partial charge in [-0.15, -0.1) is 0 Å². The number of nitrogens with zero attached hydrogens (tertiary/aromatic N) is 1. The summed E-state index contributed by atoms with van der Waals surface area (Å²) in [5.41, 5.74) is 0. The number of rotatable bonds is 4. The number of nitrogens with one attached hydrogen (secondary N) is 1. The zero-order valence-corrected chi connectivity index (χ0v) is 10.8. The van der Waals surface area contributed by atoms with Gasteiger partial charge in [0.2, 0.25) is 0 Å². The van der Waals surface area contributed by atoms with Gasteiger partial charge in [-0.3, -0.25) is 4.90 Å². The molecule has 16 heavy (non-hydrogen) atoms. The summed E-state index contributed by atoms with van der Waals surface area (Å²) in [6.07, 6.45) is 6.40. The first-order valence-electron chi connectivity index (χ1n) is 6.21. The van der Waals surface area contributed by atoms with E-state index in [0.717, 1.165) is 0 Å². The molecule has 5 heteroatoms. The fourth-order valence-electron chi connectivity index (χ4n) is 2.92. The Labute approximate surface area is 98.3 Å². The molecule has 0 saturated carbocycles. The van der Waals surface area contributed by atoms with Crippen LogP contribution >= 0.6 is 0 Å². The van der Waals surface area contributed by atoms with E-state index in [1.54, 1.807) is 0 Å². The largest absolute Gasteiger partial charge is 0.311 e. The average molecular weight is 246 g/mol. The first kappa shape index (κ1) is 12.3. The monoisotopic (exact) mass is 246 g/mol. The van der Waals surface area contributed by atoms with Crippen LogP contribution in [0.5, 0.6) is 0 Å². The van der Waals surface area contributed by atoms with Crippen LogP contribution in [0.1, 0.15) is 25.7 Å². The summed E-state index contributed by atoms with van der Waals surface area (Å²) < 4.78 is 22.1. The Morgan fingerprint density at radius 1 is 1.25 bits per heavy atom. The molecule has 2 atom stereocenters. The van der Waals surface area contributed by atoms with Crippen LogP contribution in [-0.4, -0.2) is 57.0 Å². The number of hydrogen-bond acceptors (Lipinski definition) is 4. The highest BCUT2D eigenvalue weighted by atomic mass is 32.2. The maximum Gasteiger partial charge on any atom is 0.148 e. The highest BCUT2D eigenvalue weighted by Gasteiger charge is 2.34. The molecule has 2 saturated heterocycles. The van der Waals surface area contributed by atoms with E-state index in [0.29, 0.717) is 18.6 Å². The summed E-state index contributed by atoms with van der Waals surface area (Å²) in [4.78, 5) is 2.56. The van der Waals surface area contributed by atoms with Gasteiger partial charge in [-0.25, -0.2) is 8.42 Å². The van der Waals surface area contributed by atoms with E-state index in [1.165, 1.54) is 45.0 Å². The van der Waals surface area contributed by atoms with E-state index in [2.05, 4.69) is 10.2 Å². The summed E-state index contributed by atoms with van der Waals surface area (Å²) in [6.45, 7) is 3.02. The van der Waals surface area contributed by atoms with Crippen molar-refractivity contribution in [3.8, 4) is 0 Å². The topological polar surface area (TPSA) is 49.4 Å². The number of sulfone groups is 1.